The predicted octanol–water partition coefficient (Wildman–Crippen LogP) is 1.82. The number of esters is 1. The molecule has 1 aromatic carbocycles. The number of likely N-dealkylation sites (tertiary alicyclic amines) is 1. The van der Waals surface area contributed by atoms with Crippen LogP contribution in [-0.4, -0.2) is 43.5 Å². The van der Waals surface area contributed by atoms with Crippen LogP contribution < -0.4 is 5.32 Å². The molecule has 22 heavy (non-hydrogen) atoms. The Morgan fingerprint density at radius 2 is 2.05 bits per heavy atom. The minimum atomic E-state index is -0.352. The number of hydrogen-bond donors (Lipinski definition) is 1. The van der Waals surface area contributed by atoms with Gasteiger partial charge in [-0.25, -0.2) is 4.79 Å². The van der Waals surface area contributed by atoms with Gasteiger partial charge >= 0.3 is 5.97 Å². The largest absolute Gasteiger partial charge is 0.465 e. The minimum absolute atomic E-state index is 0.0474. The second-order valence-electron chi connectivity index (χ2n) is 5.95. The predicted molar refractivity (Wildman–Crippen MR) is 84.5 cm³/mol. The summed E-state index contributed by atoms with van der Waals surface area (Å²) in [5.41, 5.74) is 1.48. The van der Waals surface area contributed by atoms with Gasteiger partial charge in [-0.05, 0) is 43.0 Å². The maximum Gasteiger partial charge on any atom is 0.337 e. The van der Waals surface area contributed by atoms with Gasteiger partial charge in [0.2, 0.25) is 5.91 Å². The van der Waals surface area contributed by atoms with Gasteiger partial charge in [0.25, 0.3) is 0 Å². The van der Waals surface area contributed by atoms with Crippen molar-refractivity contribution >= 4 is 11.9 Å². The zero-order chi connectivity index (χ0) is 15.9. The molecule has 0 saturated carbocycles. The number of hydrogen-bond acceptors (Lipinski definition) is 4. The Morgan fingerprint density at radius 3 is 2.68 bits per heavy atom. The molecule has 1 atom stereocenters. The number of methoxy groups -OCH3 is 1. The van der Waals surface area contributed by atoms with E-state index in [2.05, 4.69) is 21.9 Å². The molecule has 1 heterocycles. The Morgan fingerprint density at radius 1 is 1.32 bits per heavy atom. The average molecular weight is 304 g/mol. The summed E-state index contributed by atoms with van der Waals surface area (Å²) in [7, 11) is 1.36. The highest BCUT2D eigenvalue weighted by atomic mass is 16.5. The van der Waals surface area contributed by atoms with Crippen LogP contribution in [0.5, 0.6) is 0 Å². The molecule has 2 rings (SSSR count). The summed E-state index contributed by atoms with van der Waals surface area (Å²) >= 11 is 0. The first-order chi connectivity index (χ1) is 10.6. The summed E-state index contributed by atoms with van der Waals surface area (Å²) in [6, 6.07) is 7.07. The fourth-order valence-corrected chi connectivity index (χ4v) is 2.77. The van der Waals surface area contributed by atoms with Crippen molar-refractivity contribution in [3.05, 3.63) is 35.4 Å². The zero-order valence-corrected chi connectivity index (χ0v) is 13.3. The van der Waals surface area contributed by atoms with E-state index < -0.39 is 0 Å². The molecule has 1 amide bonds. The lowest BCUT2D eigenvalue weighted by atomic mass is 10.0. The van der Waals surface area contributed by atoms with Gasteiger partial charge in [-0.2, -0.15) is 0 Å². The second-order valence-corrected chi connectivity index (χ2v) is 5.95. The summed E-state index contributed by atoms with van der Waals surface area (Å²) in [5.74, 6) is 0.369. The van der Waals surface area contributed by atoms with Crippen LogP contribution in [0.4, 0.5) is 0 Å². The van der Waals surface area contributed by atoms with Gasteiger partial charge in [-0.15, -0.1) is 0 Å². The molecule has 0 unspecified atom stereocenters. The number of benzene rings is 1. The fourth-order valence-electron chi connectivity index (χ4n) is 2.77. The highest BCUT2D eigenvalue weighted by Crippen LogP contribution is 2.14. The smallest absolute Gasteiger partial charge is 0.337 e. The summed E-state index contributed by atoms with van der Waals surface area (Å²) in [6.07, 6.45) is 2.42. The lowest BCUT2D eigenvalue weighted by Crippen LogP contribution is -2.41. The molecule has 1 aromatic rings. The maximum atomic E-state index is 12.0. The Bertz CT molecular complexity index is 513. The van der Waals surface area contributed by atoms with E-state index in [0.29, 0.717) is 24.6 Å². The number of nitrogens with one attached hydrogen (secondary N) is 1. The van der Waals surface area contributed by atoms with Gasteiger partial charge in [0.1, 0.15) is 0 Å². The van der Waals surface area contributed by atoms with Gasteiger partial charge in [-0.1, -0.05) is 19.1 Å². The highest BCUT2D eigenvalue weighted by Gasteiger charge is 2.18. The van der Waals surface area contributed by atoms with Crippen molar-refractivity contribution < 1.29 is 14.3 Å². The van der Waals surface area contributed by atoms with Crippen LogP contribution in [0.15, 0.2) is 24.3 Å². The van der Waals surface area contributed by atoms with E-state index in [9.17, 15) is 9.59 Å². The summed E-state index contributed by atoms with van der Waals surface area (Å²) < 4.78 is 4.65. The van der Waals surface area contributed by atoms with Gasteiger partial charge in [0.15, 0.2) is 0 Å². The standard InChI is InChI=1S/C17H24N2O3/c1-13-4-3-9-19(11-13)12-16(20)18-10-14-5-7-15(8-6-14)17(21)22-2/h5-8,13H,3-4,9-12H2,1-2H3,(H,18,20)/t13-/m1/s1. The molecular formula is C17H24N2O3. The summed E-state index contributed by atoms with van der Waals surface area (Å²) in [4.78, 5) is 25.5. The first-order valence-corrected chi connectivity index (χ1v) is 7.75. The highest BCUT2D eigenvalue weighted by molar-refractivity contribution is 5.89. The third-order valence-electron chi connectivity index (χ3n) is 3.97. The summed E-state index contributed by atoms with van der Waals surface area (Å²) in [6.45, 7) is 5.17. The van der Waals surface area contributed by atoms with Crippen molar-refractivity contribution in [1.82, 2.24) is 10.2 Å². The number of carbonyl (C=O) groups is 2. The van der Waals surface area contributed by atoms with Crippen molar-refractivity contribution in [2.24, 2.45) is 5.92 Å². The maximum absolute atomic E-state index is 12.0. The van der Waals surface area contributed by atoms with E-state index >= 15 is 0 Å². The van der Waals surface area contributed by atoms with Crippen LogP contribution in [0, 0.1) is 5.92 Å². The van der Waals surface area contributed by atoms with E-state index in [1.165, 1.54) is 20.0 Å². The molecule has 1 N–H and O–H groups in total. The lowest BCUT2D eigenvalue weighted by molar-refractivity contribution is -0.122. The van der Waals surface area contributed by atoms with Gasteiger partial charge in [0, 0.05) is 13.1 Å². The molecule has 0 aromatic heterocycles. The lowest BCUT2D eigenvalue weighted by Gasteiger charge is -2.30. The topological polar surface area (TPSA) is 58.6 Å². The molecule has 120 valence electrons. The third-order valence-corrected chi connectivity index (χ3v) is 3.97. The van der Waals surface area contributed by atoms with Crippen LogP contribution in [-0.2, 0) is 16.1 Å². The van der Waals surface area contributed by atoms with Crippen LogP contribution >= 0.6 is 0 Å². The molecule has 1 aliphatic rings. The molecule has 1 saturated heterocycles. The minimum Gasteiger partial charge on any atom is -0.465 e. The number of piperidine rings is 1. The molecule has 0 aliphatic carbocycles. The third kappa shape index (κ3) is 4.84. The number of nitrogens with zero attached hydrogens (tertiary/aromatic N) is 1. The number of amides is 1. The Balaban J connectivity index is 1.77. The quantitative estimate of drug-likeness (QED) is 0.843. The van der Waals surface area contributed by atoms with Gasteiger partial charge in [0.05, 0.1) is 19.2 Å². The van der Waals surface area contributed by atoms with Crippen LogP contribution in [0.25, 0.3) is 0 Å². The molecule has 1 fully saturated rings. The molecule has 0 bridgehead atoms. The van der Waals surface area contributed by atoms with Crippen molar-refractivity contribution in [3.63, 3.8) is 0 Å². The van der Waals surface area contributed by atoms with E-state index in [1.807, 2.05) is 12.1 Å². The molecule has 0 radical (unpaired) electrons. The number of ether oxygens (including phenoxy) is 1. The van der Waals surface area contributed by atoms with Crippen molar-refractivity contribution in [3.8, 4) is 0 Å². The van der Waals surface area contributed by atoms with Gasteiger partial charge < -0.3 is 10.1 Å². The monoisotopic (exact) mass is 304 g/mol. The van der Waals surface area contributed by atoms with Crippen LogP contribution in [0.1, 0.15) is 35.7 Å². The first-order valence-electron chi connectivity index (χ1n) is 7.75. The van der Waals surface area contributed by atoms with Gasteiger partial charge in [-0.3, -0.25) is 9.69 Å². The van der Waals surface area contributed by atoms with Crippen LogP contribution in [0.3, 0.4) is 0 Å². The average Bonchev–Trinajstić information content (AvgIpc) is 2.52. The van der Waals surface area contributed by atoms with Crippen molar-refractivity contribution in [2.75, 3.05) is 26.7 Å². The van der Waals surface area contributed by atoms with E-state index in [0.717, 1.165) is 18.7 Å². The van der Waals surface area contributed by atoms with Crippen molar-refractivity contribution in [1.29, 1.82) is 0 Å². The number of carbonyl (C=O) groups excluding carboxylic acids is 2. The second kappa shape index (κ2) is 7.94. The van der Waals surface area contributed by atoms with E-state index in [-0.39, 0.29) is 11.9 Å². The molecule has 1 aliphatic heterocycles. The Labute approximate surface area is 131 Å². The zero-order valence-electron chi connectivity index (χ0n) is 13.3. The fraction of sp³-hybridized carbons (Fsp3) is 0.529. The summed E-state index contributed by atoms with van der Waals surface area (Å²) in [5, 5.41) is 2.93. The molecular weight excluding hydrogens is 280 g/mol. The van der Waals surface area contributed by atoms with E-state index in [1.54, 1.807) is 12.1 Å². The van der Waals surface area contributed by atoms with Crippen LogP contribution in [0.2, 0.25) is 0 Å². The van der Waals surface area contributed by atoms with E-state index in [4.69, 9.17) is 0 Å². The molecule has 0 spiro atoms. The SMILES string of the molecule is COC(=O)c1ccc(CNC(=O)CN2CCC[C@@H](C)C2)cc1. The number of rotatable bonds is 5. The Kier molecular flexibility index (Phi) is 5.95. The van der Waals surface area contributed by atoms with Crippen molar-refractivity contribution in [2.45, 2.75) is 26.3 Å². The Hall–Kier alpha value is -1.88. The normalized spacial score (nSPS) is 18.7. The molecule has 5 nitrogen and oxygen atoms in total. The molecule has 5 heteroatoms. The first kappa shape index (κ1) is 16.5.